The summed E-state index contributed by atoms with van der Waals surface area (Å²) < 4.78 is 0. The molecular formula is C28H37NO4. The van der Waals surface area contributed by atoms with Crippen molar-refractivity contribution in [1.82, 2.24) is 0 Å². The molecule has 1 aliphatic carbocycles. The van der Waals surface area contributed by atoms with Gasteiger partial charge in [0.25, 0.3) is 0 Å². The first-order chi connectivity index (χ1) is 16.1. The van der Waals surface area contributed by atoms with Crippen LogP contribution in [-0.2, 0) is 0 Å². The molecule has 3 rings (SSSR count). The van der Waals surface area contributed by atoms with Crippen molar-refractivity contribution in [3.63, 3.8) is 0 Å². The Bertz CT molecular complexity index is 912. The lowest BCUT2D eigenvalue weighted by atomic mass is 9.90. The van der Waals surface area contributed by atoms with Gasteiger partial charge in [-0.1, -0.05) is 88.8 Å². The number of ketones is 1. The van der Waals surface area contributed by atoms with Crippen LogP contribution in [0.5, 0.6) is 5.75 Å². The number of carboxylic acids is 1. The molecule has 0 saturated heterocycles. The molecule has 1 aliphatic rings. The standard InChI is InChI=1S/C28H37NO4/c30-26-20-22(16-17-25(26)27(31)23-14-10-11-15-24(23)28(32)33)29-19-18-21-12-8-6-4-2-1-3-5-7-9-13-21/h10-11,14-17,20-21,29-30H,1-9,12-13,18-19H2,(H,32,33). The molecule has 178 valence electrons. The predicted molar refractivity (Wildman–Crippen MR) is 132 cm³/mol. The Balaban J connectivity index is 1.56. The first kappa shape index (κ1) is 24.8. The predicted octanol–water partition coefficient (Wildman–Crippen LogP) is 7.04. The first-order valence-electron chi connectivity index (χ1n) is 12.5. The molecule has 0 radical (unpaired) electrons. The van der Waals surface area contributed by atoms with E-state index in [9.17, 15) is 19.8 Å². The van der Waals surface area contributed by atoms with Gasteiger partial charge in [0.15, 0.2) is 5.78 Å². The molecule has 5 heteroatoms. The normalized spacial score (nSPS) is 16.4. The van der Waals surface area contributed by atoms with Crippen LogP contribution in [0.25, 0.3) is 0 Å². The Kier molecular flexibility index (Phi) is 9.79. The summed E-state index contributed by atoms with van der Waals surface area (Å²) in [6, 6.07) is 11.0. The van der Waals surface area contributed by atoms with E-state index in [2.05, 4.69) is 5.32 Å². The molecule has 0 heterocycles. The van der Waals surface area contributed by atoms with Gasteiger partial charge in [-0.15, -0.1) is 0 Å². The SMILES string of the molecule is O=C(O)c1ccccc1C(=O)c1ccc(NCCC2CCCCCCCCCCC2)cc1O. The number of aromatic hydroxyl groups is 1. The van der Waals surface area contributed by atoms with Gasteiger partial charge in [-0.25, -0.2) is 4.79 Å². The maximum Gasteiger partial charge on any atom is 0.336 e. The molecule has 1 fully saturated rings. The number of nitrogens with one attached hydrogen (secondary N) is 1. The Morgan fingerprint density at radius 3 is 1.94 bits per heavy atom. The molecule has 0 aromatic heterocycles. The van der Waals surface area contributed by atoms with Crippen LogP contribution in [0.4, 0.5) is 5.69 Å². The molecule has 0 bridgehead atoms. The van der Waals surface area contributed by atoms with Crippen molar-refractivity contribution >= 4 is 17.4 Å². The number of aromatic carboxylic acids is 1. The fraction of sp³-hybridized carbons (Fsp3) is 0.500. The van der Waals surface area contributed by atoms with E-state index in [1.807, 2.05) is 0 Å². The van der Waals surface area contributed by atoms with Gasteiger partial charge < -0.3 is 15.5 Å². The minimum atomic E-state index is -1.16. The number of hydrogen-bond acceptors (Lipinski definition) is 4. The topological polar surface area (TPSA) is 86.6 Å². The molecule has 0 spiro atoms. The highest BCUT2D eigenvalue weighted by Crippen LogP contribution is 2.27. The van der Waals surface area contributed by atoms with Gasteiger partial charge in [0, 0.05) is 23.9 Å². The lowest BCUT2D eigenvalue weighted by Gasteiger charge is -2.18. The van der Waals surface area contributed by atoms with Crippen molar-refractivity contribution < 1.29 is 19.8 Å². The highest BCUT2D eigenvalue weighted by molar-refractivity contribution is 6.15. The zero-order chi connectivity index (χ0) is 23.5. The second kappa shape index (κ2) is 13.0. The van der Waals surface area contributed by atoms with Crippen molar-refractivity contribution in [2.75, 3.05) is 11.9 Å². The second-order valence-corrected chi connectivity index (χ2v) is 9.25. The second-order valence-electron chi connectivity index (χ2n) is 9.25. The molecule has 0 amide bonds. The third-order valence-corrected chi connectivity index (χ3v) is 6.75. The molecule has 2 aromatic rings. The number of phenols is 1. The van der Waals surface area contributed by atoms with Gasteiger partial charge in [0.05, 0.1) is 11.1 Å². The Hall–Kier alpha value is -2.82. The van der Waals surface area contributed by atoms with Crippen molar-refractivity contribution in [2.45, 2.75) is 77.0 Å². The maximum absolute atomic E-state index is 12.8. The maximum atomic E-state index is 12.8. The number of carboxylic acid groups (broad SMARTS) is 1. The zero-order valence-corrected chi connectivity index (χ0v) is 19.5. The fourth-order valence-electron chi connectivity index (χ4n) is 4.80. The first-order valence-corrected chi connectivity index (χ1v) is 12.5. The van der Waals surface area contributed by atoms with Gasteiger partial charge in [0.1, 0.15) is 5.75 Å². The zero-order valence-electron chi connectivity index (χ0n) is 19.5. The highest BCUT2D eigenvalue weighted by Gasteiger charge is 2.20. The summed E-state index contributed by atoms with van der Waals surface area (Å²) in [5.41, 5.74) is 0.877. The van der Waals surface area contributed by atoms with Crippen LogP contribution >= 0.6 is 0 Å². The van der Waals surface area contributed by atoms with Crippen molar-refractivity contribution in [3.8, 4) is 5.75 Å². The lowest BCUT2D eigenvalue weighted by Crippen LogP contribution is -2.11. The minimum absolute atomic E-state index is 0.0684. The summed E-state index contributed by atoms with van der Waals surface area (Å²) in [6.45, 7) is 0.833. The van der Waals surface area contributed by atoms with Gasteiger partial charge >= 0.3 is 5.97 Å². The molecule has 0 unspecified atom stereocenters. The number of anilines is 1. The fourth-order valence-corrected chi connectivity index (χ4v) is 4.80. The van der Waals surface area contributed by atoms with E-state index in [-0.39, 0.29) is 22.4 Å². The largest absolute Gasteiger partial charge is 0.507 e. The average Bonchev–Trinajstić information content (AvgIpc) is 2.80. The van der Waals surface area contributed by atoms with Crippen LogP contribution in [0, 0.1) is 5.92 Å². The quantitative estimate of drug-likeness (QED) is 0.393. The molecule has 0 atom stereocenters. The number of benzene rings is 2. The van der Waals surface area contributed by atoms with Crippen LogP contribution in [0.1, 0.15) is 103 Å². The third kappa shape index (κ3) is 7.62. The molecule has 33 heavy (non-hydrogen) atoms. The summed E-state index contributed by atoms with van der Waals surface area (Å²) in [7, 11) is 0. The van der Waals surface area contributed by atoms with E-state index < -0.39 is 11.8 Å². The Morgan fingerprint density at radius 2 is 1.36 bits per heavy atom. The summed E-state index contributed by atoms with van der Waals surface area (Å²) in [6.07, 6.45) is 15.9. The average molecular weight is 452 g/mol. The van der Waals surface area contributed by atoms with Gasteiger partial charge in [-0.3, -0.25) is 4.79 Å². The van der Waals surface area contributed by atoms with E-state index in [0.29, 0.717) is 0 Å². The van der Waals surface area contributed by atoms with Crippen LogP contribution < -0.4 is 5.32 Å². The van der Waals surface area contributed by atoms with Crippen LogP contribution in [-0.4, -0.2) is 28.5 Å². The van der Waals surface area contributed by atoms with E-state index in [4.69, 9.17) is 0 Å². The van der Waals surface area contributed by atoms with Crippen LogP contribution in [0.15, 0.2) is 42.5 Å². The Morgan fingerprint density at radius 1 is 0.788 bits per heavy atom. The van der Waals surface area contributed by atoms with Gasteiger partial charge in [0.2, 0.25) is 0 Å². The van der Waals surface area contributed by atoms with E-state index in [1.165, 1.54) is 82.8 Å². The number of hydrogen-bond donors (Lipinski definition) is 3. The van der Waals surface area contributed by atoms with Crippen molar-refractivity contribution in [1.29, 1.82) is 0 Å². The number of rotatable bonds is 7. The minimum Gasteiger partial charge on any atom is -0.507 e. The molecule has 0 aliphatic heterocycles. The number of carbonyl (C=O) groups is 2. The number of carbonyl (C=O) groups excluding carboxylic acids is 1. The van der Waals surface area contributed by atoms with Crippen LogP contribution in [0.3, 0.4) is 0 Å². The number of phenolic OH excluding ortho intramolecular Hbond substituents is 1. The smallest absolute Gasteiger partial charge is 0.336 e. The molecular weight excluding hydrogens is 414 g/mol. The van der Waals surface area contributed by atoms with Gasteiger partial charge in [-0.2, -0.15) is 0 Å². The third-order valence-electron chi connectivity index (χ3n) is 6.75. The lowest BCUT2D eigenvalue weighted by molar-refractivity contribution is 0.0692. The molecule has 3 N–H and O–H groups in total. The summed E-state index contributed by atoms with van der Waals surface area (Å²) in [5.74, 6) is -1.07. The van der Waals surface area contributed by atoms with Crippen molar-refractivity contribution in [3.05, 3.63) is 59.2 Å². The highest BCUT2D eigenvalue weighted by atomic mass is 16.4. The molecule has 2 aromatic carbocycles. The molecule has 1 saturated carbocycles. The van der Waals surface area contributed by atoms with E-state index >= 15 is 0 Å². The summed E-state index contributed by atoms with van der Waals surface area (Å²) in [5, 5.41) is 23.2. The van der Waals surface area contributed by atoms with Crippen LogP contribution in [0.2, 0.25) is 0 Å². The Labute approximate surface area is 197 Å². The monoisotopic (exact) mass is 451 g/mol. The van der Waals surface area contributed by atoms with E-state index in [0.717, 1.165) is 24.6 Å². The van der Waals surface area contributed by atoms with E-state index in [1.54, 1.807) is 30.3 Å². The summed E-state index contributed by atoms with van der Waals surface area (Å²) >= 11 is 0. The summed E-state index contributed by atoms with van der Waals surface area (Å²) in [4.78, 5) is 24.3. The van der Waals surface area contributed by atoms with Gasteiger partial charge in [-0.05, 0) is 30.5 Å². The molecule has 5 nitrogen and oxygen atoms in total. The van der Waals surface area contributed by atoms with Crippen molar-refractivity contribution in [2.24, 2.45) is 5.92 Å².